The first kappa shape index (κ1) is 26.2. The number of rotatable bonds is 7. The van der Waals surface area contributed by atoms with Gasteiger partial charge in [0.2, 0.25) is 0 Å². The molecular formula is C28H45NO4. The molecular weight excluding hydrogens is 414 g/mol. The van der Waals surface area contributed by atoms with E-state index in [1.807, 2.05) is 13.8 Å². The van der Waals surface area contributed by atoms with Crippen molar-refractivity contribution in [2.45, 2.75) is 97.4 Å². The van der Waals surface area contributed by atoms with Crippen LogP contribution in [0.15, 0.2) is 35.5 Å². The summed E-state index contributed by atoms with van der Waals surface area (Å²) < 4.78 is 0. The van der Waals surface area contributed by atoms with Crippen molar-refractivity contribution in [3.63, 3.8) is 0 Å². The molecule has 3 saturated carbocycles. The fraction of sp³-hybridized carbons (Fsp3) is 0.750. The molecule has 0 aliphatic heterocycles. The predicted molar refractivity (Wildman–Crippen MR) is 132 cm³/mol. The monoisotopic (exact) mass is 459 g/mol. The van der Waals surface area contributed by atoms with Crippen LogP contribution in [0.2, 0.25) is 0 Å². The zero-order valence-electron chi connectivity index (χ0n) is 21.1. The molecule has 0 saturated heterocycles. The second kappa shape index (κ2) is 10.9. The van der Waals surface area contributed by atoms with Gasteiger partial charge in [0.25, 0.3) is 5.91 Å². The number of allylic oxidation sites excluding steroid dienone is 3. The van der Waals surface area contributed by atoms with Crippen molar-refractivity contribution < 1.29 is 20.1 Å². The highest BCUT2D eigenvalue weighted by Gasteiger charge is 2.51. The molecule has 0 spiro atoms. The van der Waals surface area contributed by atoms with Gasteiger partial charge < -0.3 is 20.2 Å². The topological polar surface area (TPSA) is 81.0 Å². The molecule has 0 heterocycles. The Morgan fingerprint density at radius 1 is 1.24 bits per heavy atom. The summed E-state index contributed by atoms with van der Waals surface area (Å²) in [5.41, 5.74) is 3.35. The lowest BCUT2D eigenvalue weighted by molar-refractivity contribution is -0.141. The predicted octanol–water partition coefficient (Wildman–Crippen LogP) is 4.38. The summed E-state index contributed by atoms with van der Waals surface area (Å²) in [4.78, 5) is 14.3. The summed E-state index contributed by atoms with van der Waals surface area (Å²) in [6.45, 7) is 13.8. The van der Waals surface area contributed by atoms with Crippen molar-refractivity contribution in [1.82, 2.24) is 4.90 Å². The normalized spacial score (nSPS) is 36.6. The molecule has 0 aromatic heterocycles. The van der Waals surface area contributed by atoms with E-state index in [2.05, 4.69) is 32.6 Å². The van der Waals surface area contributed by atoms with E-state index in [1.165, 1.54) is 12.0 Å². The van der Waals surface area contributed by atoms with Crippen molar-refractivity contribution in [3.8, 4) is 0 Å². The molecule has 3 aliphatic carbocycles. The maximum absolute atomic E-state index is 12.6. The SMILES string of the molecule is C=C1C(=CC=C2CCC[C@]3(C)[C@@H]([C@H](C)CC(O)C(=O)N(CC)CC)CC[C@@H]23)C[C@H](O)C[C@H]1O. The van der Waals surface area contributed by atoms with E-state index in [4.69, 9.17) is 0 Å². The Bertz CT molecular complexity index is 783. The Morgan fingerprint density at radius 2 is 1.94 bits per heavy atom. The van der Waals surface area contributed by atoms with Gasteiger partial charge in [-0.05, 0) is 93.1 Å². The third kappa shape index (κ3) is 5.47. The van der Waals surface area contributed by atoms with Crippen LogP contribution in [0.1, 0.15) is 79.1 Å². The van der Waals surface area contributed by atoms with Gasteiger partial charge in [-0.1, -0.05) is 38.2 Å². The van der Waals surface area contributed by atoms with Crippen LogP contribution in [0, 0.1) is 23.2 Å². The standard InChI is InChI=1S/C28H45NO4/c1-6-29(7-2)27(33)26(32)15-18(3)23-12-13-24-20(9-8-14-28(23,24)5)10-11-21-16-22(30)17-25(31)19(21)4/h10-11,18,22-26,30-32H,4,6-9,12-17H2,1-3,5H3/t18-,22+,23-,24+,25-,26?,28-/m1/s1. The summed E-state index contributed by atoms with van der Waals surface area (Å²) in [6.07, 6.45) is 9.40. The smallest absolute Gasteiger partial charge is 0.251 e. The third-order valence-corrected chi connectivity index (χ3v) is 8.94. The zero-order valence-corrected chi connectivity index (χ0v) is 21.1. The molecule has 0 bridgehead atoms. The van der Waals surface area contributed by atoms with E-state index in [0.29, 0.717) is 44.2 Å². The molecule has 0 aromatic carbocycles. The van der Waals surface area contributed by atoms with Crippen LogP contribution in [0.25, 0.3) is 0 Å². The van der Waals surface area contributed by atoms with E-state index < -0.39 is 18.3 Å². The first-order chi connectivity index (χ1) is 15.6. The molecule has 0 aromatic rings. The number of carbonyl (C=O) groups is 1. The van der Waals surface area contributed by atoms with Gasteiger partial charge in [0.1, 0.15) is 6.10 Å². The first-order valence-corrected chi connectivity index (χ1v) is 13.0. The molecule has 7 atom stereocenters. The number of carbonyl (C=O) groups excluding carboxylic acids is 1. The molecule has 5 nitrogen and oxygen atoms in total. The average Bonchev–Trinajstić information content (AvgIpc) is 3.13. The summed E-state index contributed by atoms with van der Waals surface area (Å²) in [7, 11) is 0. The molecule has 3 N–H and O–H groups in total. The molecule has 1 amide bonds. The van der Waals surface area contributed by atoms with E-state index in [9.17, 15) is 20.1 Å². The largest absolute Gasteiger partial charge is 0.393 e. The van der Waals surface area contributed by atoms with Gasteiger partial charge in [-0.3, -0.25) is 4.79 Å². The number of hydrogen-bond donors (Lipinski definition) is 3. The van der Waals surface area contributed by atoms with Crippen molar-refractivity contribution >= 4 is 5.91 Å². The van der Waals surface area contributed by atoms with E-state index in [-0.39, 0.29) is 17.2 Å². The second-order valence-corrected chi connectivity index (χ2v) is 10.9. The Morgan fingerprint density at radius 3 is 2.61 bits per heavy atom. The number of nitrogens with zero attached hydrogens (tertiary/aromatic N) is 1. The Kier molecular flexibility index (Phi) is 8.63. The lowest BCUT2D eigenvalue weighted by Crippen LogP contribution is -2.41. The number of aliphatic hydroxyl groups excluding tert-OH is 3. The number of fused-ring (bicyclic) bond motifs is 1. The number of hydrogen-bond acceptors (Lipinski definition) is 4. The van der Waals surface area contributed by atoms with Gasteiger partial charge in [-0.25, -0.2) is 0 Å². The van der Waals surface area contributed by atoms with Crippen LogP contribution in [0.4, 0.5) is 0 Å². The van der Waals surface area contributed by atoms with Gasteiger partial charge in [-0.2, -0.15) is 0 Å². The van der Waals surface area contributed by atoms with Gasteiger partial charge in [0.05, 0.1) is 12.2 Å². The minimum absolute atomic E-state index is 0.139. The molecule has 33 heavy (non-hydrogen) atoms. The van der Waals surface area contributed by atoms with Gasteiger partial charge >= 0.3 is 0 Å². The molecule has 1 unspecified atom stereocenters. The van der Waals surface area contributed by atoms with E-state index >= 15 is 0 Å². The molecule has 3 fully saturated rings. The number of amides is 1. The van der Waals surface area contributed by atoms with Crippen LogP contribution in [0.5, 0.6) is 0 Å². The van der Waals surface area contributed by atoms with Crippen LogP contribution >= 0.6 is 0 Å². The Balaban J connectivity index is 1.72. The summed E-state index contributed by atoms with van der Waals surface area (Å²) in [5.74, 6) is 1.15. The molecule has 186 valence electrons. The van der Waals surface area contributed by atoms with Gasteiger partial charge in [0, 0.05) is 19.5 Å². The van der Waals surface area contributed by atoms with Crippen LogP contribution in [-0.4, -0.2) is 57.5 Å². The maximum Gasteiger partial charge on any atom is 0.251 e. The summed E-state index contributed by atoms with van der Waals surface area (Å²) in [5, 5.41) is 30.9. The highest BCUT2D eigenvalue weighted by atomic mass is 16.3. The second-order valence-electron chi connectivity index (χ2n) is 10.9. The first-order valence-electron chi connectivity index (χ1n) is 13.0. The van der Waals surface area contributed by atoms with E-state index in [0.717, 1.165) is 36.8 Å². The fourth-order valence-corrected chi connectivity index (χ4v) is 7.04. The summed E-state index contributed by atoms with van der Waals surface area (Å²) in [6, 6.07) is 0. The highest BCUT2D eigenvalue weighted by molar-refractivity contribution is 5.80. The Labute approximate surface area is 200 Å². The summed E-state index contributed by atoms with van der Waals surface area (Å²) >= 11 is 0. The van der Waals surface area contributed by atoms with Crippen molar-refractivity contribution in [3.05, 3.63) is 35.5 Å². The highest BCUT2D eigenvalue weighted by Crippen LogP contribution is 2.59. The molecule has 0 radical (unpaired) electrons. The lowest BCUT2D eigenvalue weighted by atomic mass is 9.60. The van der Waals surface area contributed by atoms with Crippen LogP contribution in [-0.2, 0) is 4.79 Å². The van der Waals surface area contributed by atoms with Crippen LogP contribution in [0.3, 0.4) is 0 Å². The molecule has 5 heteroatoms. The Hall–Kier alpha value is -1.43. The lowest BCUT2D eigenvalue weighted by Gasteiger charge is -2.44. The third-order valence-electron chi connectivity index (χ3n) is 8.94. The number of aliphatic hydroxyl groups is 3. The zero-order chi connectivity index (χ0) is 24.3. The van der Waals surface area contributed by atoms with Crippen molar-refractivity contribution in [2.24, 2.45) is 23.2 Å². The minimum atomic E-state index is -0.916. The average molecular weight is 460 g/mol. The van der Waals surface area contributed by atoms with Crippen molar-refractivity contribution in [1.29, 1.82) is 0 Å². The fourth-order valence-electron chi connectivity index (χ4n) is 7.04. The quantitative estimate of drug-likeness (QED) is 0.528. The van der Waals surface area contributed by atoms with Crippen LogP contribution < -0.4 is 0 Å². The minimum Gasteiger partial charge on any atom is -0.393 e. The molecule has 3 aliphatic rings. The van der Waals surface area contributed by atoms with Crippen molar-refractivity contribution in [2.75, 3.05) is 13.1 Å². The maximum atomic E-state index is 12.6. The van der Waals surface area contributed by atoms with Gasteiger partial charge in [0.15, 0.2) is 0 Å². The van der Waals surface area contributed by atoms with E-state index in [1.54, 1.807) is 4.90 Å². The molecule has 3 rings (SSSR count). The number of likely N-dealkylation sites (N-methyl/N-ethyl adjacent to an activating group) is 1. The van der Waals surface area contributed by atoms with Gasteiger partial charge in [-0.15, -0.1) is 0 Å².